The van der Waals surface area contributed by atoms with Crippen LogP contribution >= 0.6 is 0 Å². The number of anilines is 1. The fourth-order valence-corrected chi connectivity index (χ4v) is 4.99. The van der Waals surface area contributed by atoms with E-state index in [1.54, 1.807) is 18.3 Å². The van der Waals surface area contributed by atoms with Crippen molar-refractivity contribution in [1.29, 1.82) is 0 Å². The molecule has 4 rings (SSSR count). The van der Waals surface area contributed by atoms with E-state index < -0.39 is 36.3 Å². The van der Waals surface area contributed by atoms with Gasteiger partial charge in [-0.3, -0.25) is 14.4 Å². The number of hydrogen-bond acceptors (Lipinski definition) is 5. The van der Waals surface area contributed by atoms with Crippen molar-refractivity contribution in [3.8, 4) is 0 Å². The number of aromatic nitrogens is 1. The monoisotopic (exact) mass is 388 g/mol. The highest BCUT2D eigenvalue weighted by atomic mass is 16.2. The summed E-state index contributed by atoms with van der Waals surface area (Å²) in [5.41, 5.74) is 5.12. The van der Waals surface area contributed by atoms with Crippen LogP contribution in [0.25, 0.3) is 0 Å². The number of nitrogens with zero attached hydrogens (tertiary/aromatic N) is 2. The Balaban J connectivity index is 1.65. The molecule has 0 aromatic carbocycles. The number of carbonyl (C=O) groups excluding carboxylic acids is 3. The fourth-order valence-electron chi connectivity index (χ4n) is 4.99. The van der Waals surface area contributed by atoms with Gasteiger partial charge in [0.25, 0.3) is 0 Å². The Labute approximate surface area is 168 Å². The minimum Gasteiger partial charge on any atom is -0.368 e. The lowest BCUT2D eigenvalue weighted by Gasteiger charge is -2.29. The summed E-state index contributed by atoms with van der Waals surface area (Å²) >= 11 is 0. The van der Waals surface area contributed by atoms with E-state index in [1.165, 1.54) is 4.90 Å². The zero-order valence-electron chi connectivity index (χ0n) is 18.6. The molecule has 0 unspecified atom stereocenters. The van der Waals surface area contributed by atoms with Crippen LogP contribution in [0.5, 0.6) is 0 Å². The maximum Gasteiger partial charge on any atom is 0.240 e. The fraction of sp³-hybridized carbons (Fsp3) is 0.600. The van der Waals surface area contributed by atoms with E-state index in [0.29, 0.717) is 17.8 Å². The molecule has 1 aromatic rings. The first-order valence-corrected chi connectivity index (χ1v) is 9.75. The molecule has 3 aliphatic rings. The van der Waals surface area contributed by atoms with E-state index in [2.05, 4.69) is 15.6 Å². The summed E-state index contributed by atoms with van der Waals surface area (Å²) in [5, 5.41) is 5.20. The van der Waals surface area contributed by atoms with Gasteiger partial charge in [0.2, 0.25) is 17.7 Å². The van der Waals surface area contributed by atoms with Crippen LogP contribution in [0.3, 0.4) is 0 Å². The standard InChI is InChI=1S/C20H27N5O3/c1-22-14(9-12-5-2-3-6-12)18(27)25-11-20(10-15(25)16(21)26)13-7-4-8-23-17(13)24-19(20)28/h4,7-8,12,14-15,22H,2-3,5-6,9-11H2,1H3,(H2,21,26)(H,23,24,28)/t14-,15-,20-/m0/s1/i1D3. The number of pyridine rings is 1. The van der Waals surface area contributed by atoms with E-state index in [-0.39, 0.29) is 24.8 Å². The van der Waals surface area contributed by atoms with Crippen molar-refractivity contribution >= 4 is 23.5 Å². The van der Waals surface area contributed by atoms with E-state index >= 15 is 0 Å². The molecule has 28 heavy (non-hydrogen) atoms. The summed E-state index contributed by atoms with van der Waals surface area (Å²) in [5.74, 6) is -0.906. The first-order chi connectivity index (χ1) is 14.6. The van der Waals surface area contributed by atoms with Gasteiger partial charge in [-0.2, -0.15) is 0 Å². The van der Waals surface area contributed by atoms with Crippen molar-refractivity contribution in [2.45, 2.75) is 56.0 Å². The Kier molecular flexibility index (Phi) is 3.95. The second-order valence-electron chi connectivity index (χ2n) is 8.11. The van der Waals surface area contributed by atoms with Crippen LogP contribution in [0.15, 0.2) is 18.3 Å². The Bertz CT molecular complexity index is 902. The van der Waals surface area contributed by atoms with Gasteiger partial charge in [-0.25, -0.2) is 4.98 Å². The van der Waals surface area contributed by atoms with Crippen molar-refractivity contribution in [2.75, 3.05) is 18.8 Å². The maximum absolute atomic E-state index is 13.5. The second kappa shape index (κ2) is 7.16. The molecule has 1 aliphatic carbocycles. The second-order valence-corrected chi connectivity index (χ2v) is 8.11. The van der Waals surface area contributed by atoms with Crippen molar-refractivity contribution < 1.29 is 18.5 Å². The molecule has 3 atom stereocenters. The van der Waals surface area contributed by atoms with E-state index in [9.17, 15) is 14.4 Å². The molecule has 1 saturated carbocycles. The molecule has 0 radical (unpaired) electrons. The molecule has 150 valence electrons. The van der Waals surface area contributed by atoms with Crippen molar-refractivity contribution in [2.24, 2.45) is 11.7 Å². The predicted octanol–water partition coefficient (Wildman–Crippen LogP) is 0.526. The first kappa shape index (κ1) is 15.4. The average molecular weight is 388 g/mol. The number of likely N-dealkylation sites (tertiary alicyclic amines) is 1. The zero-order valence-corrected chi connectivity index (χ0v) is 15.6. The number of likely N-dealkylation sites (N-methyl/N-ethyl adjacent to an activating group) is 1. The smallest absolute Gasteiger partial charge is 0.240 e. The van der Waals surface area contributed by atoms with Gasteiger partial charge in [0.1, 0.15) is 11.9 Å². The lowest BCUT2D eigenvalue weighted by atomic mass is 9.80. The number of rotatable bonds is 5. The lowest BCUT2D eigenvalue weighted by Crippen LogP contribution is -2.51. The number of amides is 3. The molecule has 1 saturated heterocycles. The number of carbonyl (C=O) groups is 3. The van der Waals surface area contributed by atoms with Crippen LogP contribution in [0.1, 0.15) is 48.2 Å². The molecule has 1 aromatic heterocycles. The third-order valence-corrected chi connectivity index (χ3v) is 6.48. The van der Waals surface area contributed by atoms with Gasteiger partial charge < -0.3 is 21.3 Å². The van der Waals surface area contributed by atoms with Gasteiger partial charge in [-0.05, 0) is 31.8 Å². The summed E-state index contributed by atoms with van der Waals surface area (Å²) in [6, 6.07) is 1.46. The normalized spacial score (nSPS) is 29.9. The number of nitrogens with one attached hydrogen (secondary N) is 2. The quantitative estimate of drug-likeness (QED) is 0.680. The van der Waals surface area contributed by atoms with E-state index in [1.807, 2.05) is 0 Å². The summed E-state index contributed by atoms with van der Waals surface area (Å²) in [7, 11) is 0. The van der Waals surface area contributed by atoms with E-state index in [0.717, 1.165) is 25.7 Å². The third kappa shape index (κ3) is 2.96. The molecular formula is C20H27N5O3. The van der Waals surface area contributed by atoms with Crippen LogP contribution in [0.2, 0.25) is 0 Å². The molecular weight excluding hydrogens is 358 g/mol. The van der Waals surface area contributed by atoms with Gasteiger partial charge in [0.15, 0.2) is 0 Å². The van der Waals surface area contributed by atoms with Crippen LogP contribution in [0, 0.1) is 5.92 Å². The summed E-state index contributed by atoms with van der Waals surface area (Å²) in [6.07, 6.45) is 5.97. The van der Waals surface area contributed by atoms with Gasteiger partial charge in [0, 0.05) is 22.4 Å². The number of primary amides is 1. The van der Waals surface area contributed by atoms with Gasteiger partial charge in [-0.1, -0.05) is 31.7 Å². The average Bonchev–Trinajstić information content (AvgIpc) is 3.40. The molecule has 0 bridgehead atoms. The topological polar surface area (TPSA) is 117 Å². The van der Waals surface area contributed by atoms with Crippen LogP contribution in [0.4, 0.5) is 5.82 Å². The Morgan fingerprint density at radius 3 is 3.00 bits per heavy atom. The van der Waals surface area contributed by atoms with Gasteiger partial charge >= 0.3 is 0 Å². The molecule has 1 spiro atoms. The van der Waals surface area contributed by atoms with Gasteiger partial charge in [-0.15, -0.1) is 0 Å². The SMILES string of the molecule is [2H]C([2H])([2H])N[C@@H](CC1CCCC1)C(=O)N1C[C@]2(C[C@H]1C(N)=O)C(=O)Nc1ncccc12. The highest BCUT2D eigenvalue weighted by Gasteiger charge is 2.58. The Morgan fingerprint density at radius 2 is 2.29 bits per heavy atom. The van der Waals surface area contributed by atoms with Crippen LogP contribution < -0.4 is 16.4 Å². The molecule has 3 heterocycles. The molecule has 2 fully saturated rings. The van der Waals surface area contributed by atoms with Crippen LogP contribution in [-0.4, -0.2) is 53.2 Å². The summed E-state index contributed by atoms with van der Waals surface area (Å²) < 4.78 is 22.8. The van der Waals surface area contributed by atoms with Crippen molar-refractivity contribution in [3.05, 3.63) is 23.9 Å². The lowest BCUT2D eigenvalue weighted by molar-refractivity contribution is -0.139. The van der Waals surface area contributed by atoms with E-state index in [4.69, 9.17) is 9.85 Å². The molecule has 2 aliphatic heterocycles. The molecule has 4 N–H and O–H groups in total. The minimum absolute atomic E-state index is 0.0442. The van der Waals surface area contributed by atoms with Crippen LogP contribution in [-0.2, 0) is 19.8 Å². The van der Waals surface area contributed by atoms with Crippen molar-refractivity contribution in [3.63, 3.8) is 0 Å². The molecule has 3 amide bonds. The predicted molar refractivity (Wildman–Crippen MR) is 103 cm³/mol. The third-order valence-electron chi connectivity index (χ3n) is 6.48. The molecule has 8 heteroatoms. The number of nitrogens with two attached hydrogens (primary N) is 1. The molecule has 8 nitrogen and oxygen atoms in total. The van der Waals surface area contributed by atoms with Gasteiger partial charge in [0.05, 0.1) is 11.5 Å². The first-order valence-electron chi connectivity index (χ1n) is 11.3. The summed E-state index contributed by atoms with van der Waals surface area (Å²) in [4.78, 5) is 44.2. The number of fused-ring (bicyclic) bond motifs is 2. The largest absolute Gasteiger partial charge is 0.368 e. The number of hydrogen-bond donors (Lipinski definition) is 3. The zero-order chi connectivity index (χ0) is 22.4. The highest BCUT2D eigenvalue weighted by molar-refractivity contribution is 6.07. The maximum atomic E-state index is 13.5. The van der Waals surface area contributed by atoms with Crippen molar-refractivity contribution in [1.82, 2.24) is 15.2 Å². The summed E-state index contributed by atoms with van der Waals surface area (Å²) in [6.45, 7) is -2.56. The minimum atomic E-state index is -2.51. The highest BCUT2D eigenvalue weighted by Crippen LogP contribution is 2.45. The Hall–Kier alpha value is -2.48. The Morgan fingerprint density at radius 1 is 1.50 bits per heavy atom.